The number of hydrogen-bond acceptors (Lipinski definition) is 10. The van der Waals surface area contributed by atoms with Gasteiger partial charge in [0.2, 0.25) is 5.78 Å². The number of fused-ring (bicyclic) bond motifs is 3. The van der Waals surface area contributed by atoms with Gasteiger partial charge >= 0.3 is 0 Å². The second-order valence-electron chi connectivity index (χ2n) is 11.5. The molecule has 11 nitrogen and oxygen atoms in total. The predicted octanol–water partition coefficient (Wildman–Crippen LogP) is 0.861. The number of phenols is 1. The molecule has 7 N–H and O–H groups in total. The zero-order valence-corrected chi connectivity index (χ0v) is 22.4. The first kappa shape index (κ1) is 27.6. The monoisotopic (exact) mass is 529 g/mol. The van der Waals surface area contributed by atoms with Gasteiger partial charge in [0.25, 0.3) is 5.91 Å². The van der Waals surface area contributed by atoms with Crippen molar-refractivity contribution in [2.75, 3.05) is 21.2 Å². The minimum Gasteiger partial charge on any atom is -0.508 e. The van der Waals surface area contributed by atoms with Crippen molar-refractivity contribution >= 4 is 23.2 Å². The second kappa shape index (κ2) is 9.11. The van der Waals surface area contributed by atoms with Crippen LogP contribution in [0.3, 0.4) is 0 Å². The third-order valence-corrected chi connectivity index (χ3v) is 7.76. The van der Waals surface area contributed by atoms with E-state index in [1.165, 1.54) is 18.1 Å². The Morgan fingerprint density at radius 2 is 1.87 bits per heavy atom. The number of aromatic hydroxyl groups is 1. The molecule has 1 saturated carbocycles. The summed E-state index contributed by atoms with van der Waals surface area (Å²) in [5.41, 5.74) is 2.56. The van der Waals surface area contributed by atoms with Gasteiger partial charge in [-0.1, -0.05) is 0 Å². The van der Waals surface area contributed by atoms with Crippen molar-refractivity contribution in [2.24, 2.45) is 17.6 Å². The van der Waals surface area contributed by atoms with Gasteiger partial charge in [0.05, 0.1) is 18.7 Å². The van der Waals surface area contributed by atoms with Crippen molar-refractivity contribution in [3.8, 4) is 11.5 Å². The number of nitrogens with two attached hydrogens (primary N) is 1. The number of nitrogens with zero attached hydrogens (tertiary/aromatic N) is 1. The Balaban J connectivity index is 1.92. The van der Waals surface area contributed by atoms with Crippen LogP contribution in [0.4, 0.5) is 0 Å². The molecule has 0 spiro atoms. The zero-order valence-electron chi connectivity index (χ0n) is 22.4. The lowest BCUT2D eigenvalue weighted by molar-refractivity contribution is -0.153. The van der Waals surface area contributed by atoms with Crippen molar-refractivity contribution in [3.05, 3.63) is 39.7 Å². The normalized spacial score (nSPS) is 27.3. The Morgan fingerprint density at radius 3 is 2.39 bits per heavy atom. The van der Waals surface area contributed by atoms with E-state index in [0.717, 1.165) is 0 Å². The van der Waals surface area contributed by atoms with Crippen LogP contribution in [-0.2, 0) is 27.3 Å². The average molecular weight is 530 g/mol. The number of carbonyl (C=O) groups excluding carboxylic acids is 3. The van der Waals surface area contributed by atoms with Crippen LogP contribution < -0.4 is 15.8 Å². The first-order valence-corrected chi connectivity index (χ1v) is 12.4. The SMILES string of the molecule is COc1c(CNC(C)(C)C)cc(O)c2c1C[C@H]1C[C@H]3[C@H](N(C)C)C(=O)C(C(N)=O)=C(O)[C@@]3(O)C(=O)C1=C2O. The summed E-state index contributed by atoms with van der Waals surface area (Å²) >= 11 is 0. The van der Waals surface area contributed by atoms with Crippen molar-refractivity contribution in [2.45, 2.75) is 57.3 Å². The van der Waals surface area contributed by atoms with Crippen LogP contribution in [-0.4, -0.2) is 81.2 Å². The molecule has 4 atom stereocenters. The van der Waals surface area contributed by atoms with Crippen molar-refractivity contribution < 1.29 is 39.5 Å². The molecule has 4 rings (SSSR count). The fourth-order valence-electron chi connectivity index (χ4n) is 6.10. The Hall–Kier alpha value is -3.41. The Labute approximate surface area is 220 Å². The van der Waals surface area contributed by atoms with Crippen molar-refractivity contribution in [1.29, 1.82) is 0 Å². The van der Waals surface area contributed by atoms with Gasteiger partial charge < -0.3 is 36.2 Å². The molecule has 3 aliphatic rings. The number of rotatable bonds is 5. The number of nitrogens with one attached hydrogen (secondary N) is 1. The van der Waals surface area contributed by atoms with Gasteiger partial charge in [-0.15, -0.1) is 0 Å². The second-order valence-corrected chi connectivity index (χ2v) is 11.5. The minimum atomic E-state index is -2.67. The maximum Gasteiger partial charge on any atom is 0.255 e. The van der Waals surface area contributed by atoms with E-state index in [2.05, 4.69) is 5.32 Å². The van der Waals surface area contributed by atoms with Crippen molar-refractivity contribution in [1.82, 2.24) is 10.2 Å². The van der Waals surface area contributed by atoms with E-state index in [4.69, 9.17) is 10.5 Å². The number of primary amides is 1. The summed E-state index contributed by atoms with van der Waals surface area (Å²) in [6.07, 6.45) is 0.175. The highest BCUT2D eigenvalue weighted by atomic mass is 16.5. The predicted molar refractivity (Wildman–Crippen MR) is 137 cm³/mol. The van der Waals surface area contributed by atoms with Gasteiger partial charge in [0.15, 0.2) is 11.4 Å². The molecule has 1 aromatic rings. The van der Waals surface area contributed by atoms with E-state index < -0.39 is 58.0 Å². The van der Waals surface area contributed by atoms with Crippen LogP contribution in [0, 0.1) is 11.8 Å². The molecule has 38 heavy (non-hydrogen) atoms. The minimum absolute atomic E-state index is 0.00218. The molecule has 0 unspecified atom stereocenters. The van der Waals surface area contributed by atoms with Gasteiger partial charge in [0.1, 0.15) is 28.6 Å². The van der Waals surface area contributed by atoms with Gasteiger partial charge in [-0.25, -0.2) is 0 Å². The van der Waals surface area contributed by atoms with E-state index >= 15 is 0 Å². The molecule has 0 bridgehead atoms. The number of carbonyl (C=O) groups is 3. The summed E-state index contributed by atoms with van der Waals surface area (Å²) in [6, 6.07) is 0.312. The number of likely N-dealkylation sites (N-methyl/N-ethyl adjacent to an activating group) is 1. The molecule has 11 heteroatoms. The van der Waals surface area contributed by atoms with Crippen LogP contribution >= 0.6 is 0 Å². The number of aliphatic hydroxyl groups is 3. The lowest BCUT2D eigenvalue weighted by Gasteiger charge is -2.50. The summed E-state index contributed by atoms with van der Waals surface area (Å²) < 4.78 is 5.70. The molecule has 1 fully saturated rings. The summed E-state index contributed by atoms with van der Waals surface area (Å²) in [5, 5.41) is 48.1. The van der Waals surface area contributed by atoms with Crippen LogP contribution in [0.5, 0.6) is 11.5 Å². The number of ketones is 2. The molecule has 1 aromatic carbocycles. The van der Waals surface area contributed by atoms with E-state index in [1.54, 1.807) is 14.1 Å². The molecule has 0 aromatic heterocycles. The third kappa shape index (κ3) is 3.96. The number of phenolic OH excluding ortho intramolecular Hbond substituents is 1. The molecule has 0 radical (unpaired) electrons. The highest BCUT2D eigenvalue weighted by Gasteiger charge is 2.64. The number of ether oxygens (including phenoxy) is 1. The number of methoxy groups -OCH3 is 1. The van der Waals surface area contributed by atoms with Gasteiger partial charge in [-0.3, -0.25) is 19.3 Å². The van der Waals surface area contributed by atoms with E-state index in [-0.39, 0.29) is 35.3 Å². The van der Waals surface area contributed by atoms with E-state index in [0.29, 0.717) is 23.4 Å². The van der Waals surface area contributed by atoms with Gasteiger partial charge in [0, 0.05) is 34.7 Å². The lowest BCUT2D eigenvalue weighted by Crippen LogP contribution is -2.65. The molecule has 1 amide bonds. The first-order chi connectivity index (χ1) is 17.6. The molecule has 0 aliphatic heterocycles. The molecule has 0 heterocycles. The Morgan fingerprint density at radius 1 is 1.24 bits per heavy atom. The first-order valence-electron chi connectivity index (χ1n) is 12.4. The Bertz CT molecular complexity index is 1310. The average Bonchev–Trinajstić information content (AvgIpc) is 2.79. The number of hydrogen-bond donors (Lipinski definition) is 6. The van der Waals surface area contributed by atoms with Gasteiger partial charge in [-0.2, -0.15) is 0 Å². The highest BCUT2D eigenvalue weighted by molar-refractivity contribution is 6.24. The maximum atomic E-state index is 13.9. The largest absolute Gasteiger partial charge is 0.508 e. The lowest BCUT2D eigenvalue weighted by atomic mass is 9.57. The molecule has 0 saturated heterocycles. The van der Waals surface area contributed by atoms with Crippen LogP contribution in [0.25, 0.3) is 5.76 Å². The fourth-order valence-corrected chi connectivity index (χ4v) is 6.10. The summed E-state index contributed by atoms with van der Waals surface area (Å²) in [5.74, 6) is -6.41. The van der Waals surface area contributed by atoms with Crippen molar-refractivity contribution in [3.63, 3.8) is 0 Å². The van der Waals surface area contributed by atoms with Crippen LogP contribution in [0.15, 0.2) is 23.0 Å². The number of aliphatic hydroxyl groups excluding tert-OH is 2. The number of benzene rings is 1. The maximum absolute atomic E-state index is 13.9. The fraction of sp³-hybridized carbons (Fsp3) is 0.519. The summed E-state index contributed by atoms with van der Waals surface area (Å²) in [7, 11) is 4.59. The highest BCUT2D eigenvalue weighted by Crippen LogP contribution is 2.54. The number of Topliss-reactive ketones (excluding diaryl/α,β-unsaturated/α-hetero) is 2. The van der Waals surface area contributed by atoms with Gasteiger partial charge in [-0.05, 0) is 59.7 Å². The quantitative estimate of drug-likeness (QED) is 0.299. The summed E-state index contributed by atoms with van der Waals surface area (Å²) in [4.78, 5) is 40.6. The molecular formula is C27H35N3O8. The third-order valence-electron chi connectivity index (χ3n) is 7.76. The zero-order chi connectivity index (χ0) is 28.5. The van der Waals surface area contributed by atoms with E-state index in [9.17, 15) is 34.8 Å². The number of amides is 1. The topological polar surface area (TPSA) is 183 Å². The molecular weight excluding hydrogens is 494 g/mol. The summed E-state index contributed by atoms with van der Waals surface area (Å²) in [6.45, 7) is 6.34. The smallest absolute Gasteiger partial charge is 0.255 e. The van der Waals surface area contributed by atoms with Crippen LogP contribution in [0.1, 0.15) is 43.9 Å². The standard InChI is InChI=1S/C27H35N3O8/c1-26(2,3)29-10-12-9-15(31)17-13(22(12)38-6)7-11-8-14-19(30(4)5)21(33)18(25(28)36)24(35)27(14,37)23(34)16(11)20(17)32/h9,11,14,19,29,31-32,35,37H,7-8,10H2,1-6H3,(H2,28,36)/t11-,14-,19-,27-/m0/s1. The van der Waals surface area contributed by atoms with Crippen LogP contribution in [0.2, 0.25) is 0 Å². The molecule has 206 valence electrons. The van der Waals surface area contributed by atoms with E-state index in [1.807, 2.05) is 20.8 Å². The Kier molecular flexibility index (Phi) is 6.62. The molecule has 3 aliphatic carbocycles.